The lowest BCUT2D eigenvalue weighted by Gasteiger charge is -2.08. The van der Waals surface area contributed by atoms with E-state index in [4.69, 9.17) is 14.4 Å². The van der Waals surface area contributed by atoms with Crippen LogP contribution < -0.4 is 0 Å². The second-order valence-electron chi connectivity index (χ2n) is 2.60. The standard InChI is InChI=1S/C7H14O5Si/c1-2-7(8)12-5-3-4-6-13(9,10)11/h2,9-11H,1,3-6H2. The molecule has 0 bridgehead atoms. The zero-order valence-corrected chi connectivity index (χ0v) is 8.27. The van der Waals surface area contributed by atoms with Gasteiger partial charge in [-0.3, -0.25) is 0 Å². The van der Waals surface area contributed by atoms with E-state index in [9.17, 15) is 4.79 Å². The van der Waals surface area contributed by atoms with E-state index in [1.807, 2.05) is 0 Å². The number of hydrogen-bond acceptors (Lipinski definition) is 5. The molecule has 13 heavy (non-hydrogen) atoms. The van der Waals surface area contributed by atoms with Crippen LogP contribution in [0.2, 0.25) is 6.04 Å². The predicted molar refractivity (Wildman–Crippen MR) is 47.6 cm³/mol. The highest BCUT2D eigenvalue weighted by molar-refractivity contribution is 6.56. The molecule has 0 aromatic heterocycles. The van der Waals surface area contributed by atoms with Crippen LogP contribution in [0.5, 0.6) is 0 Å². The molecular weight excluding hydrogens is 192 g/mol. The number of hydrogen-bond donors (Lipinski definition) is 3. The molecular formula is C7H14O5Si. The number of carbonyl (C=O) groups excluding carboxylic acids is 1. The van der Waals surface area contributed by atoms with Gasteiger partial charge >= 0.3 is 14.8 Å². The number of rotatable bonds is 6. The molecule has 0 aliphatic heterocycles. The second-order valence-corrected chi connectivity index (χ2v) is 4.65. The SMILES string of the molecule is C=CC(=O)OCCCC[Si](O)(O)O. The van der Waals surface area contributed by atoms with Gasteiger partial charge in [-0.25, -0.2) is 4.79 Å². The molecule has 76 valence electrons. The maximum absolute atomic E-state index is 10.5. The lowest BCUT2D eigenvalue weighted by atomic mass is 10.4. The highest BCUT2D eigenvalue weighted by Gasteiger charge is 2.25. The van der Waals surface area contributed by atoms with Crippen LogP contribution in [0.25, 0.3) is 0 Å². The van der Waals surface area contributed by atoms with Crippen molar-refractivity contribution in [2.75, 3.05) is 6.61 Å². The summed E-state index contributed by atoms with van der Waals surface area (Å²) in [5.41, 5.74) is 0. The van der Waals surface area contributed by atoms with Crippen LogP contribution in [0, 0.1) is 0 Å². The highest BCUT2D eigenvalue weighted by atomic mass is 28.4. The Balaban J connectivity index is 3.27. The zero-order chi connectivity index (χ0) is 10.3. The lowest BCUT2D eigenvalue weighted by Crippen LogP contribution is -2.34. The Kier molecular flexibility index (Phi) is 5.56. The maximum Gasteiger partial charge on any atom is 0.492 e. The summed E-state index contributed by atoms with van der Waals surface area (Å²) in [6, 6.07) is -0.0291. The van der Waals surface area contributed by atoms with E-state index in [-0.39, 0.29) is 12.7 Å². The molecule has 0 unspecified atom stereocenters. The Morgan fingerprint density at radius 1 is 1.38 bits per heavy atom. The molecule has 0 aromatic carbocycles. The van der Waals surface area contributed by atoms with Crippen LogP contribution >= 0.6 is 0 Å². The van der Waals surface area contributed by atoms with E-state index >= 15 is 0 Å². The molecule has 0 atom stereocenters. The minimum absolute atomic E-state index is 0.0291. The van der Waals surface area contributed by atoms with Gasteiger partial charge in [-0.15, -0.1) is 0 Å². The normalized spacial score (nSPS) is 11.0. The van der Waals surface area contributed by atoms with E-state index in [2.05, 4.69) is 11.3 Å². The fourth-order valence-electron chi connectivity index (χ4n) is 0.696. The molecule has 0 aliphatic rings. The highest BCUT2D eigenvalue weighted by Crippen LogP contribution is 2.04. The van der Waals surface area contributed by atoms with Gasteiger partial charge in [0.2, 0.25) is 0 Å². The van der Waals surface area contributed by atoms with Crippen molar-refractivity contribution in [3.05, 3.63) is 12.7 Å². The van der Waals surface area contributed by atoms with Gasteiger partial charge < -0.3 is 19.1 Å². The maximum atomic E-state index is 10.5. The van der Waals surface area contributed by atoms with Crippen LogP contribution in [-0.2, 0) is 9.53 Å². The molecule has 0 aliphatic carbocycles. The van der Waals surface area contributed by atoms with Crippen molar-refractivity contribution < 1.29 is 23.9 Å². The minimum atomic E-state index is -3.90. The summed E-state index contributed by atoms with van der Waals surface area (Å²) in [6.45, 7) is 3.41. The van der Waals surface area contributed by atoms with Gasteiger partial charge in [0.1, 0.15) is 0 Å². The minimum Gasteiger partial charge on any atom is -0.463 e. The van der Waals surface area contributed by atoms with Crippen molar-refractivity contribution in [3.63, 3.8) is 0 Å². The third-order valence-corrected chi connectivity index (χ3v) is 2.34. The summed E-state index contributed by atoms with van der Waals surface area (Å²) in [6.07, 6.45) is 1.97. The Bertz CT molecular complexity index is 174. The van der Waals surface area contributed by atoms with Gasteiger partial charge in [-0.05, 0) is 12.8 Å². The molecule has 0 aromatic rings. The summed E-state index contributed by atoms with van der Waals surface area (Å²) in [5, 5.41) is 0. The summed E-state index contributed by atoms with van der Waals surface area (Å²) in [5.74, 6) is -0.500. The van der Waals surface area contributed by atoms with Crippen molar-refractivity contribution in [2.24, 2.45) is 0 Å². The molecule has 0 heterocycles. The van der Waals surface area contributed by atoms with Gasteiger partial charge in [-0.2, -0.15) is 0 Å². The molecule has 0 amide bonds. The Morgan fingerprint density at radius 2 is 2.00 bits per heavy atom. The number of unbranched alkanes of at least 4 members (excludes halogenated alkanes) is 1. The Hall–Kier alpha value is -0.693. The molecule has 6 heteroatoms. The first-order chi connectivity index (χ1) is 5.95. The van der Waals surface area contributed by atoms with E-state index < -0.39 is 14.8 Å². The van der Waals surface area contributed by atoms with Crippen molar-refractivity contribution in [2.45, 2.75) is 18.9 Å². The molecule has 0 fully saturated rings. The number of carbonyl (C=O) groups is 1. The monoisotopic (exact) mass is 206 g/mol. The largest absolute Gasteiger partial charge is 0.492 e. The smallest absolute Gasteiger partial charge is 0.463 e. The van der Waals surface area contributed by atoms with Crippen molar-refractivity contribution in [1.82, 2.24) is 0 Å². The Morgan fingerprint density at radius 3 is 2.46 bits per heavy atom. The molecule has 0 saturated carbocycles. The molecule has 0 radical (unpaired) electrons. The zero-order valence-electron chi connectivity index (χ0n) is 7.27. The Labute approximate surface area is 77.6 Å². The van der Waals surface area contributed by atoms with Crippen LogP contribution in [0.4, 0.5) is 0 Å². The quantitative estimate of drug-likeness (QED) is 0.234. The molecule has 0 saturated heterocycles. The van der Waals surface area contributed by atoms with Crippen LogP contribution in [0.15, 0.2) is 12.7 Å². The average molecular weight is 206 g/mol. The van der Waals surface area contributed by atoms with Crippen LogP contribution in [-0.4, -0.2) is 35.8 Å². The van der Waals surface area contributed by atoms with Crippen molar-refractivity contribution in [3.8, 4) is 0 Å². The van der Waals surface area contributed by atoms with E-state index in [1.165, 1.54) is 0 Å². The van der Waals surface area contributed by atoms with Gasteiger partial charge in [0.05, 0.1) is 6.61 Å². The van der Waals surface area contributed by atoms with Gasteiger partial charge in [0.25, 0.3) is 0 Å². The van der Waals surface area contributed by atoms with E-state index in [0.29, 0.717) is 12.8 Å². The van der Waals surface area contributed by atoms with Crippen molar-refractivity contribution >= 4 is 14.8 Å². The van der Waals surface area contributed by atoms with E-state index in [0.717, 1.165) is 6.08 Å². The van der Waals surface area contributed by atoms with E-state index in [1.54, 1.807) is 0 Å². The first-order valence-corrected chi connectivity index (χ1v) is 5.97. The number of esters is 1. The number of ether oxygens (including phenoxy) is 1. The third-order valence-electron chi connectivity index (χ3n) is 1.32. The molecule has 5 nitrogen and oxygen atoms in total. The second kappa shape index (κ2) is 5.87. The third kappa shape index (κ3) is 9.22. The molecule has 3 N–H and O–H groups in total. The first-order valence-electron chi connectivity index (χ1n) is 3.92. The fourth-order valence-corrected chi connectivity index (χ4v) is 1.42. The predicted octanol–water partition coefficient (Wildman–Crippen LogP) is -0.588. The molecule has 0 spiro atoms. The van der Waals surface area contributed by atoms with Gasteiger partial charge in [0, 0.05) is 12.1 Å². The summed E-state index contributed by atoms with van der Waals surface area (Å²) in [4.78, 5) is 36.3. The summed E-state index contributed by atoms with van der Waals surface area (Å²) in [7, 11) is -3.90. The molecule has 0 rings (SSSR count). The van der Waals surface area contributed by atoms with Gasteiger partial charge in [0.15, 0.2) is 0 Å². The topological polar surface area (TPSA) is 87.0 Å². The van der Waals surface area contributed by atoms with Crippen LogP contribution in [0.1, 0.15) is 12.8 Å². The van der Waals surface area contributed by atoms with Crippen LogP contribution in [0.3, 0.4) is 0 Å². The lowest BCUT2D eigenvalue weighted by molar-refractivity contribution is -0.137. The summed E-state index contributed by atoms with van der Waals surface area (Å²) < 4.78 is 4.62. The average Bonchev–Trinajstić information content (AvgIpc) is 2.01. The van der Waals surface area contributed by atoms with Gasteiger partial charge in [-0.1, -0.05) is 6.58 Å². The summed E-state index contributed by atoms with van der Waals surface area (Å²) >= 11 is 0. The fraction of sp³-hybridized carbons (Fsp3) is 0.571. The first kappa shape index (κ1) is 12.3. The van der Waals surface area contributed by atoms with Crippen molar-refractivity contribution in [1.29, 1.82) is 0 Å².